The normalized spacial score (nSPS) is 16.3. The molecule has 10 heteroatoms. The molecule has 0 saturated heterocycles. The van der Waals surface area contributed by atoms with Crippen LogP contribution >= 0.6 is 0 Å². The van der Waals surface area contributed by atoms with Crippen molar-refractivity contribution in [3.05, 3.63) is 71.2 Å². The SMILES string of the molecule is CN(C(=O)c1ccc2nc(N)c3cncn3c2c1)[C@@H]1COCc2cc(C(F)(F)F)ccc21. The van der Waals surface area contributed by atoms with Gasteiger partial charge in [0, 0.05) is 12.6 Å². The highest BCUT2D eigenvalue weighted by atomic mass is 19.4. The fourth-order valence-corrected chi connectivity index (χ4v) is 4.08. The van der Waals surface area contributed by atoms with Crippen molar-refractivity contribution in [1.82, 2.24) is 19.3 Å². The molecule has 0 unspecified atom stereocenters. The van der Waals surface area contributed by atoms with Crippen molar-refractivity contribution < 1.29 is 22.7 Å². The molecule has 1 aliphatic rings. The molecule has 2 aromatic carbocycles. The van der Waals surface area contributed by atoms with E-state index in [-0.39, 0.29) is 19.1 Å². The zero-order valence-corrected chi connectivity index (χ0v) is 16.9. The van der Waals surface area contributed by atoms with E-state index in [4.69, 9.17) is 10.5 Å². The lowest BCUT2D eigenvalue weighted by molar-refractivity contribution is -0.137. The molecule has 7 nitrogen and oxygen atoms in total. The number of anilines is 1. The Labute approximate surface area is 180 Å². The number of benzene rings is 2. The summed E-state index contributed by atoms with van der Waals surface area (Å²) < 4.78 is 46.5. The molecule has 0 saturated carbocycles. The molecule has 0 spiro atoms. The second kappa shape index (κ2) is 7.20. The number of nitrogens with zero attached hydrogens (tertiary/aromatic N) is 4. The average Bonchev–Trinajstić information content (AvgIpc) is 3.28. The van der Waals surface area contributed by atoms with Crippen LogP contribution in [0.1, 0.15) is 33.1 Å². The third-order valence-electron chi connectivity index (χ3n) is 5.77. The maximum absolute atomic E-state index is 13.3. The lowest BCUT2D eigenvalue weighted by Crippen LogP contribution is -2.36. The largest absolute Gasteiger partial charge is 0.416 e. The summed E-state index contributed by atoms with van der Waals surface area (Å²) in [5, 5.41) is 0. The van der Waals surface area contributed by atoms with E-state index in [9.17, 15) is 18.0 Å². The Morgan fingerprint density at radius 3 is 2.81 bits per heavy atom. The highest BCUT2D eigenvalue weighted by molar-refractivity contribution is 5.98. The third-order valence-corrected chi connectivity index (χ3v) is 5.77. The van der Waals surface area contributed by atoms with Crippen LogP contribution < -0.4 is 5.73 Å². The van der Waals surface area contributed by atoms with Gasteiger partial charge in [-0.2, -0.15) is 13.2 Å². The first-order chi connectivity index (χ1) is 15.2. The summed E-state index contributed by atoms with van der Waals surface area (Å²) in [5.74, 6) is 0.0405. The van der Waals surface area contributed by atoms with Crippen LogP contribution in [-0.4, -0.2) is 38.8 Å². The van der Waals surface area contributed by atoms with Gasteiger partial charge in [-0.05, 0) is 41.5 Å². The average molecular weight is 441 g/mol. The number of carbonyl (C=O) groups excluding carboxylic acids is 1. The van der Waals surface area contributed by atoms with Crippen LogP contribution in [0.25, 0.3) is 16.6 Å². The molecule has 0 radical (unpaired) electrons. The van der Waals surface area contributed by atoms with Gasteiger partial charge in [-0.25, -0.2) is 9.97 Å². The Bertz CT molecular complexity index is 1370. The Morgan fingerprint density at radius 1 is 1.22 bits per heavy atom. The van der Waals surface area contributed by atoms with Gasteiger partial charge < -0.3 is 15.4 Å². The highest BCUT2D eigenvalue weighted by Gasteiger charge is 2.34. The number of alkyl halides is 3. The first-order valence-corrected chi connectivity index (χ1v) is 9.80. The number of ether oxygens (including phenoxy) is 1. The zero-order valence-electron chi connectivity index (χ0n) is 16.9. The van der Waals surface area contributed by atoms with Crippen LogP contribution in [0.3, 0.4) is 0 Å². The van der Waals surface area contributed by atoms with Gasteiger partial charge in [-0.1, -0.05) is 6.07 Å². The second-order valence-electron chi connectivity index (χ2n) is 7.71. The number of hydrogen-bond acceptors (Lipinski definition) is 5. The van der Waals surface area contributed by atoms with Crippen LogP contribution in [0.15, 0.2) is 48.9 Å². The van der Waals surface area contributed by atoms with Gasteiger partial charge in [-0.3, -0.25) is 9.20 Å². The molecule has 0 bridgehead atoms. The molecule has 4 aromatic rings. The van der Waals surface area contributed by atoms with E-state index in [1.54, 1.807) is 42.2 Å². The third kappa shape index (κ3) is 3.23. The van der Waals surface area contributed by atoms with Gasteiger partial charge in [-0.15, -0.1) is 0 Å². The van der Waals surface area contributed by atoms with Gasteiger partial charge in [0.15, 0.2) is 0 Å². The molecular formula is C22H18F3N5O2. The topological polar surface area (TPSA) is 85.8 Å². The number of fused-ring (bicyclic) bond motifs is 4. The van der Waals surface area contributed by atoms with Gasteiger partial charge in [0.1, 0.15) is 11.3 Å². The van der Waals surface area contributed by atoms with Gasteiger partial charge in [0.05, 0.1) is 48.4 Å². The quantitative estimate of drug-likeness (QED) is 0.511. The van der Waals surface area contributed by atoms with Crippen molar-refractivity contribution in [3.8, 4) is 0 Å². The van der Waals surface area contributed by atoms with Crippen LogP contribution in [0.5, 0.6) is 0 Å². The highest BCUT2D eigenvalue weighted by Crippen LogP contribution is 2.35. The Balaban J connectivity index is 1.50. The minimum absolute atomic E-state index is 0.0689. The lowest BCUT2D eigenvalue weighted by Gasteiger charge is -2.33. The second-order valence-corrected chi connectivity index (χ2v) is 7.71. The van der Waals surface area contributed by atoms with Crippen molar-refractivity contribution in [3.63, 3.8) is 0 Å². The lowest BCUT2D eigenvalue weighted by atomic mass is 9.95. The van der Waals surface area contributed by atoms with Crippen LogP contribution in [0.2, 0.25) is 0 Å². The minimum atomic E-state index is -4.44. The maximum Gasteiger partial charge on any atom is 0.416 e. The molecule has 3 heterocycles. The molecule has 0 fully saturated rings. The predicted octanol–water partition coefficient (Wildman–Crippen LogP) is 3.83. The maximum atomic E-state index is 13.3. The molecule has 1 atom stereocenters. The fourth-order valence-electron chi connectivity index (χ4n) is 4.08. The van der Waals surface area contributed by atoms with Crippen LogP contribution in [0.4, 0.5) is 19.0 Å². The number of imidazole rings is 1. The Kier molecular flexibility index (Phi) is 4.55. The number of aromatic nitrogens is 3. The molecule has 5 rings (SSSR count). The summed E-state index contributed by atoms with van der Waals surface area (Å²) in [6, 6.07) is 8.09. The van der Waals surface area contributed by atoms with E-state index in [0.29, 0.717) is 39.1 Å². The number of carbonyl (C=O) groups is 1. The molecule has 32 heavy (non-hydrogen) atoms. The zero-order chi connectivity index (χ0) is 22.6. The van der Waals surface area contributed by atoms with Crippen molar-refractivity contribution >= 4 is 28.3 Å². The Morgan fingerprint density at radius 2 is 2.03 bits per heavy atom. The number of rotatable bonds is 2. The van der Waals surface area contributed by atoms with Crippen LogP contribution in [-0.2, 0) is 17.5 Å². The number of nitrogens with two attached hydrogens (primary N) is 1. The van der Waals surface area contributed by atoms with E-state index in [1.807, 2.05) is 0 Å². The fraction of sp³-hybridized carbons (Fsp3) is 0.227. The van der Waals surface area contributed by atoms with Crippen molar-refractivity contribution in [2.45, 2.75) is 18.8 Å². The van der Waals surface area contributed by atoms with Crippen LogP contribution in [0, 0.1) is 0 Å². The van der Waals surface area contributed by atoms with E-state index >= 15 is 0 Å². The summed E-state index contributed by atoms with van der Waals surface area (Å²) in [5.41, 5.74) is 8.61. The first kappa shape index (κ1) is 20.3. The molecular weight excluding hydrogens is 423 g/mol. The summed E-state index contributed by atoms with van der Waals surface area (Å²) in [6.45, 7) is 0.261. The molecule has 0 aliphatic carbocycles. The molecule has 1 aliphatic heterocycles. The molecule has 164 valence electrons. The minimum Gasteiger partial charge on any atom is -0.382 e. The summed E-state index contributed by atoms with van der Waals surface area (Å²) in [4.78, 5) is 23.2. The van der Waals surface area contributed by atoms with E-state index < -0.39 is 17.8 Å². The van der Waals surface area contributed by atoms with E-state index in [1.165, 1.54) is 11.0 Å². The number of hydrogen-bond donors (Lipinski definition) is 1. The summed E-state index contributed by atoms with van der Waals surface area (Å²) in [6.07, 6.45) is -1.25. The van der Waals surface area contributed by atoms with E-state index in [0.717, 1.165) is 12.1 Å². The van der Waals surface area contributed by atoms with Gasteiger partial charge in [0.2, 0.25) is 0 Å². The predicted molar refractivity (Wildman–Crippen MR) is 111 cm³/mol. The Hall–Kier alpha value is -3.66. The van der Waals surface area contributed by atoms with Crippen molar-refractivity contribution in [1.29, 1.82) is 0 Å². The number of nitrogen functional groups attached to an aromatic ring is 1. The molecule has 2 aromatic heterocycles. The van der Waals surface area contributed by atoms with Gasteiger partial charge >= 0.3 is 6.18 Å². The monoisotopic (exact) mass is 441 g/mol. The standard InChI is InChI=1S/C22H18F3N5O2/c1-29(19-10-32-9-13-6-14(22(23,24)25)3-4-15(13)19)21(31)12-2-5-16-17(7-12)30-11-27-8-18(30)20(26)28-16/h2-8,11,19H,9-10H2,1H3,(H2,26,28)/t19-/m1/s1. The van der Waals surface area contributed by atoms with E-state index in [2.05, 4.69) is 9.97 Å². The number of amides is 1. The summed E-state index contributed by atoms with van der Waals surface area (Å²) >= 11 is 0. The van der Waals surface area contributed by atoms with Crippen molar-refractivity contribution in [2.75, 3.05) is 19.4 Å². The molecule has 1 amide bonds. The van der Waals surface area contributed by atoms with Gasteiger partial charge in [0.25, 0.3) is 5.91 Å². The number of halogens is 3. The molecule has 2 N–H and O–H groups in total. The first-order valence-electron chi connectivity index (χ1n) is 9.80. The number of likely N-dealkylation sites (N-methyl/N-ethyl adjacent to an activating group) is 1. The summed E-state index contributed by atoms with van der Waals surface area (Å²) in [7, 11) is 1.61. The smallest absolute Gasteiger partial charge is 0.382 e. The van der Waals surface area contributed by atoms with Crippen molar-refractivity contribution in [2.24, 2.45) is 0 Å².